The standard InChI is InChI=1S/C21H23FN4S/c22-17-7-3-1-5-15(17)13-25-9-11-26(12-10-25)20-19-16-6-2-4-8-18(16)27-21(19)24-14-23-20/h1,3,5,7,14H,2,4,6,8-13H2/p+1. The molecule has 140 valence electrons. The lowest BCUT2D eigenvalue weighted by Gasteiger charge is -2.33. The van der Waals surface area contributed by atoms with Gasteiger partial charge in [-0.1, -0.05) is 18.2 Å². The van der Waals surface area contributed by atoms with Crippen molar-refractivity contribution >= 4 is 27.4 Å². The van der Waals surface area contributed by atoms with Crippen molar-refractivity contribution in [2.24, 2.45) is 0 Å². The van der Waals surface area contributed by atoms with Gasteiger partial charge in [-0.15, -0.1) is 11.3 Å². The number of anilines is 1. The predicted octanol–water partition coefficient (Wildman–Crippen LogP) is 2.61. The number of fused-ring (bicyclic) bond motifs is 3. The van der Waals surface area contributed by atoms with Crippen LogP contribution in [-0.2, 0) is 19.4 Å². The molecule has 1 aromatic carbocycles. The molecular weight excluding hydrogens is 359 g/mol. The molecule has 1 saturated heterocycles. The van der Waals surface area contributed by atoms with Gasteiger partial charge in [0.1, 0.15) is 29.3 Å². The van der Waals surface area contributed by atoms with Crippen LogP contribution in [0.4, 0.5) is 10.2 Å². The Balaban J connectivity index is 1.35. The van der Waals surface area contributed by atoms with E-state index in [2.05, 4.69) is 14.9 Å². The number of rotatable bonds is 3. The molecule has 2 aliphatic rings. The molecule has 5 rings (SSSR count). The fourth-order valence-corrected chi connectivity index (χ4v) is 5.66. The molecule has 0 spiro atoms. The van der Waals surface area contributed by atoms with Gasteiger partial charge in [-0.25, -0.2) is 14.4 Å². The molecule has 2 aromatic heterocycles. The first-order valence-electron chi connectivity index (χ1n) is 9.87. The summed E-state index contributed by atoms with van der Waals surface area (Å²) in [6.45, 7) is 4.69. The molecule has 1 N–H and O–H groups in total. The maximum absolute atomic E-state index is 13.9. The largest absolute Gasteiger partial charge is 0.345 e. The molecule has 3 heterocycles. The Morgan fingerprint density at radius 2 is 1.89 bits per heavy atom. The van der Waals surface area contributed by atoms with E-state index in [0.717, 1.165) is 55.4 Å². The van der Waals surface area contributed by atoms with Crippen molar-refractivity contribution in [3.8, 4) is 0 Å². The van der Waals surface area contributed by atoms with Crippen molar-refractivity contribution < 1.29 is 9.29 Å². The van der Waals surface area contributed by atoms with Crippen molar-refractivity contribution in [3.05, 3.63) is 52.4 Å². The average molecular weight is 384 g/mol. The molecule has 0 bridgehead atoms. The Morgan fingerprint density at radius 1 is 1.07 bits per heavy atom. The van der Waals surface area contributed by atoms with E-state index in [9.17, 15) is 4.39 Å². The second-order valence-corrected chi connectivity index (χ2v) is 8.68. The first kappa shape index (κ1) is 17.1. The van der Waals surface area contributed by atoms with Crippen LogP contribution in [0.1, 0.15) is 28.8 Å². The summed E-state index contributed by atoms with van der Waals surface area (Å²) in [6.07, 6.45) is 6.64. The van der Waals surface area contributed by atoms with Crippen LogP contribution >= 0.6 is 11.3 Å². The van der Waals surface area contributed by atoms with Gasteiger partial charge in [-0.2, -0.15) is 0 Å². The van der Waals surface area contributed by atoms with Crippen LogP contribution in [-0.4, -0.2) is 36.1 Å². The predicted molar refractivity (Wildman–Crippen MR) is 107 cm³/mol. The van der Waals surface area contributed by atoms with E-state index in [-0.39, 0.29) is 5.82 Å². The van der Waals surface area contributed by atoms with E-state index < -0.39 is 0 Å². The lowest BCUT2D eigenvalue weighted by atomic mass is 9.97. The molecular formula is C21H24FN4S+. The van der Waals surface area contributed by atoms with Gasteiger partial charge in [0.2, 0.25) is 0 Å². The number of thiophene rings is 1. The summed E-state index contributed by atoms with van der Waals surface area (Å²) in [4.78, 5) is 15.8. The third kappa shape index (κ3) is 3.21. The van der Waals surface area contributed by atoms with Gasteiger partial charge in [-0.3, -0.25) is 0 Å². The molecule has 0 radical (unpaired) electrons. The third-order valence-corrected chi connectivity index (χ3v) is 7.10. The number of halogens is 1. The Kier molecular flexibility index (Phi) is 4.53. The Bertz CT molecular complexity index is 962. The lowest BCUT2D eigenvalue weighted by molar-refractivity contribution is -0.914. The van der Waals surface area contributed by atoms with E-state index in [4.69, 9.17) is 0 Å². The minimum absolute atomic E-state index is 0.0881. The molecule has 27 heavy (non-hydrogen) atoms. The van der Waals surface area contributed by atoms with Gasteiger partial charge >= 0.3 is 0 Å². The second kappa shape index (κ2) is 7.17. The fourth-order valence-electron chi connectivity index (χ4n) is 4.44. The first-order valence-corrected chi connectivity index (χ1v) is 10.7. The Morgan fingerprint density at radius 3 is 2.74 bits per heavy atom. The van der Waals surface area contributed by atoms with E-state index in [1.54, 1.807) is 18.5 Å². The quantitative estimate of drug-likeness (QED) is 0.755. The van der Waals surface area contributed by atoms with Crippen molar-refractivity contribution in [1.82, 2.24) is 9.97 Å². The van der Waals surface area contributed by atoms with Crippen LogP contribution in [0, 0.1) is 5.82 Å². The zero-order valence-electron chi connectivity index (χ0n) is 15.4. The highest BCUT2D eigenvalue weighted by Crippen LogP contribution is 2.39. The molecule has 0 saturated carbocycles. The highest BCUT2D eigenvalue weighted by molar-refractivity contribution is 7.19. The molecule has 1 fully saturated rings. The molecule has 0 amide bonds. The molecule has 1 aliphatic carbocycles. The fraction of sp³-hybridized carbons (Fsp3) is 0.429. The normalized spacial score (nSPS) is 18.0. The summed E-state index contributed by atoms with van der Waals surface area (Å²) in [5.74, 6) is 1.03. The summed E-state index contributed by atoms with van der Waals surface area (Å²) in [6, 6.07) is 7.14. The molecule has 0 unspecified atom stereocenters. The second-order valence-electron chi connectivity index (χ2n) is 7.59. The summed E-state index contributed by atoms with van der Waals surface area (Å²) in [7, 11) is 0. The number of hydrogen-bond acceptors (Lipinski definition) is 4. The number of piperazine rings is 1. The van der Waals surface area contributed by atoms with E-state index in [0.29, 0.717) is 0 Å². The van der Waals surface area contributed by atoms with Gasteiger partial charge in [0.25, 0.3) is 0 Å². The SMILES string of the molecule is Fc1ccccc1C[NH+]1CCN(c2ncnc3sc4c(c23)CCCC4)CC1. The number of benzene rings is 1. The number of aryl methyl sites for hydroxylation is 2. The molecule has 3 aromatic rings. The maximum atomic E-state index is 13.9. The van der Waals surface area contributed by atoms with E-state index in [1.807, 2.05) is 23.5 Å². The summed E-state index contributed by atoms with van der Waals surface area (Å²) < 4.78 is 13.9. The van der Waals surface area contributed by atoms with Crippen molar-refractivity contribution in [1.29, 1.82) is 0 Å². The van der Waals surface area contributed by atoms with Crippen LogP contribution < -0.4 is 9.80 Å². The molecule has 1 aliphatic heterocycles. The number of quaternary nitrogens is 1. The number of aromatic nitrogens is 2. The van der Waals surface area contributed by atoms with Crippen molar-refractivity contribution in [2.75, 3.05) is 31.1 Å². The van der Waals surface area contributed by atoms with Gasteiger partial charge in [-0.05, 0) is 37.3 Å². The van der Waals surface area contributed by atoms with Crippen LogP contribution in [0.2, 0.25) is 0 Å². The zero-order chi connectivity index (χ0) is 18.2. The van der Waals surface area contributed by atoms with Crippen LogP contribution in [0.15, 0.2) is 30.6 Å². The van der Waals surface area contributed by atoms with Gasteiger partial charge in [0.05, 0.1) is 31.6 Å². The first-order chi connectivity index (χ1) is 13.3. The molecule has 4 nitrogen and oxygen atoms in total. The highest BCUT2D eigenvalue weighted by atomic mass is 32.1. The van der Waals surface area contributed by atoms with Crippen LogP contribution in [0.25, 0.3) is 10.2 Å². The topological polar surface area (TPSA) is 33.5 Å². The van der Waals surface area contributed by atoms with E-state index in [1.165, 1.54) is 40.0 Å². The number of nitrogens with zero attached hydrogens (tertiary/aromatic N) is 3. The minimum Gasteiger partial charge on any atom is -0.345 e. The summed E-state index contributed by atoms with van der Waals surface area (Å²) >= 11 is 1.86. The van der Waals surface area contributed by atoms with Crippen LogP contribution in [0.5, 0.6) is 0 Å². The van der Waals surface area contributed by atoms with Crippen LogP contribution in [0.3, 0.4) is 0 Å². The molecule has 0 atom stereocenters. The van der Waals surface area contributed by atoms with Gasteiger partial charge in [0, 0.05) is 10.4 Å². The Labute approximate surface area is 162 Å². The van der Waals surface area contributed by atoms with E-state index >= 15 is 0 Å². The monoisotopic (exact) mass is 383 g/mol. The number of hydrogen-bond donors (Lipinski definition) is 1. The minimum atomic E-state index is -0.0881. The van der Waals surface area contributed by atoms with Crippen molar-refractivity contribution in [2.45, 2.75) is 32.2 Å². The highest BCUT2D eigenvalue weighted by Gasteiger charge is 2.26. The average Bonchev–Trinajstić information content (AvgIpc) is 3.09. The van der Waals surface area contributed by atoms with Gasteiger partial charge in [0.15, 0.2) is 0 Å². The lowest BCUT2D eigenvalue weighted by Crippen LogP contribution is -3.13. The Hall–Kier alpha value is -2.05. The maximum Gasteiger partial charge on any atom is 0.141 e. The summed E-state index contributed by atoms with van der Waals surface area (Å²) in [5, 5.41) is 1.30. The van der Waals surface area contributed by atoms with Gasteiger partial charge < -0.3 is 9.80 Å². The third-order valence-electron chi connectivity index (χ3n) is 5.90. The summed E-state index contributed by atoms with van der Waals surface area (Å²) in [5.41, 5.74) is 2.32. The molecule has 6 heteroatoms. The zero-order valence-corrected chi connectivity index (χ0v) is 16.2. The number of nitrogens with one attached hydrogen (secondary N) is 1. The van der Waals surface area contributed by atoms with Crippen molar-refractivity contribution in [3.63, 3.8) is 0 Å². The smallest absolute Gasteiger partial charge is 0.141 e.